The Kier molecular flexibility index (Phi) is 16.7. The first kappa shape index (κ1) is 21.1. The maximum atomic E-state index is 3.36. The Morgan fingerprint density at radius 2 is 1.70 bits per heavy atom. The van der Waals surface area contributed by atoms with Gasteiger partial charge in [-0.2, -0.15) is 0 Å². The minimum Gasteiger partial charge on any atom is -0.130 e. The molecular formula is C19H30S. The van der Waals surface area contributed by atoms with E-state index in [-0.39, 0.29) is 0 Å². The molecule has 112 valence electrons. The van der Waals surface area contributed by atoms with Crippen LogP contribution in [-0.4, -0.2) is 6.26 Å². The van der Waals surface area contributed by atoms with Crippen molar-refractivity contribution in [2.24, 2.45) is 0 Å². The summed E-state index contributed by atoms with van der Waals surface area (Å²) in [7, 11) is 0. The van der Waals surface area contributed by atoms with Gasteiger partial charge in [0, 0.05) is 4.90 Å². The van der Waals surface area contributed by atoms with Crippen molar-refractivity contribution in [1.82, 2.24) is 0 Å². The molecule has 0 saturated carbocycles. The normalized spacial score (nSPS) is 8.90. The van der Waals surface area contributed by atoms with Crippen molar-refractivity contribution in [2.75, 3.05) is 6.26 Å². The van der Waals surface area contributed by atoms with E-state index in [4.69, 9.17) is 0 Å². The summed E-state index contributed by atoms with van der Waals surface area (Å²) in [4.78, 5) is 1.33. The van der Waals surface area contributed by atoms with Gasteiger partial charge in [-0.3, -0.25) is 0 Å². The maximum absolute atomic E-state index is 3.36. The highest BCUT2D eigenvalue weighted by Gasteiger charge is 1.85. The zero-order valence-electron chi connectivity index (χ0n) is 13.9. The Hall–Kier alpha value is -1.21. The fourth-order valence-corrected chi connectivity index (χ4v) is 1.48. The van der Waals surface area contributed by atoms with Gasteiger partial charge >= 0.3 is 0 Å². The predicted octanol–water partition coefficient (Wildman–Crippen LogP) is 6.83. The van der Waals surface area contributed by atoms with Crippen LogP contribution in [0.15, 0.2) is 65.6 Å². The average molecular weight is 291 g/mol. The third-order valence-electron chi connectivity index (χ3n) is 2.06. The van der Waals surface area contributed by atoms with Crippen molar-refractivity contribution in [3.8, 4) is 0 Å². The van der Waals surface area contributed by atoms with E-state index < -0.39 is 0 Å². The van der Waals surface area contributed by atoms with Crippen molar-refractivity contribution in [3.05, 3.63) is 66.3 Å². The van der Waals surface area contributed by atoms with Crippen LogP contribution in [-0.2, 0) is 0 Å². The monoisotopic (exact) mass is 290 g/mol. The number of thioether (sulfide) groups is 1. The molecule has 0 amide bonds. The third-order valence-corrected chi connectivity index (χ3v) is 2.80. The molecule has 0 nitrogen and oxygen atoms in total. The molecule has 0 unspecified atom stereocenters. The van der Waals surface area contributed by atoms with E-state index in [9.17, 15) is 0 Å². The molecule has 0 atom stereocenters. The first-order valence-electron chi connectivity index (χ1n) is 6.99. The van der Waals surface area contributed by atoms with Gasteiger partial charge in [0.15, 0.2) is 0 Å². The van der Waals surface area contributed by atoms with Gasteiger partial charge in [-0.25, -0.2) is 0 Å². The lowest BCUT2D eigenvalue weighted by atomic mass is 10.2. The zero-order chi connectivity index (χ0) is 15.8. The molecule has 0 bridgehead atoms. The Morgan fingerprint density at radius 3 is 2.05 bits per heavy atom. The van der Waals surface area contributed by atoms with Crippen LogP contribution in [0.4, 0.5) is 0 Å². The SMILES string of the molecule is C=CC.CC/C=C\C=C(C)C.CSc1ccc(C)cc1. The Bertz CT molecular complexity index is 379. The number of benzene rings is 1. The number of hydrogen-bond donors (Lipinski definition) is 0. The molecule has 0 saturated heterocycles. The molecule has 0 aliphatic rings. The summed E-state index contributed by atoms with van der Waals surface area (Å²) in [6.45, 7) is 13.7. The maximum Gasteiger partial charge on any atom is 0.00693 e. The summed E-state index contributed by atoms with van der Waals surface area (Å²) < 4.78 is 0. The summed E-state index contributed by atoms with van der Waals surface area (Å²) in [6.07, 6.45) is 11.3. The molecule has 0 aliphatic carbocycles. The number of rotatable bonds is 3. The molecule has 20 heavy (non-hydrogen) atoms. The second-order valence-electron chi connectivity index (χ2n) is 4.51. The fraction of sp³-hybridized carbons (Fsp3) is 0.368. The quantitative estimate of drug-likeness (QED) is 0.334. The second kappa shape index (κ2) is 15.8. The van der Waals surface area contributed by atoms with E-state index >= 15 is 0 Å². The first-order valence-corrected chi connectivity index (χ1v) is 8.21. The van der Waals surface area contributed by atoms with E-state index in [1.54, 1.807) is 17.8 Å². The lowest BCUT2D eigenvalue weighted by Gasteiger charge is -1.93. The molecule has 0 radical (unpaired) electrons. The van der Waals surface area contributed by atoms with E-state index in [2.05, 4.69) is 83.0 Å². The molecule has 0 N–H and O–H groups in total. The Balaban J connectivity index is 0. The van der Waals surface area contributed by atoms with E-state index in [0.717, 1.165) is 6.42 Å². The minimum atomic E-state index is 1.13. The molecule has 0 aromatic heterocycles. The van der Waals surface area contributed by atoms with Gasteiger partial charge in [-0.1, -0.05) is 54.5 Å². The van der Waals surface area contributed by atoms with Crippen LogP contribution in [0.2, 0.25) is 0 Å². The molecule has 1 rings (SSSR count). The summed E-state index contributed by atoms with van der Waals surface area (Å²) in [5.74, 6) is 0. The van der Waals surface area contributed by atoms with Gasteiger partial charge < -0.3 is 0 Å². The summed E-state index contributed by atoms with van der Waals surface area (Å²) in [6, 6.07) is 8.54. The van der Waals surface area contributed by atoms with Crippen LogP contribution in [0, 0.1) is 6.92 Å². The molecule has 0 spiro atoms. The summed E-state index contributed by atoms with van der Waals surface area (Å²) >= 11 is 1.78. The first-order chi connectivity index (χ1) is 9.51. The van der Waals surface area contributed by atoms with E-state index in [1.807, 2.05) is 6.92 Å². The van der Waals surface area contributed by atoms with Gasteiger partial charge in [-0.05, 0) is 52.5 Å². The van der Waals surface area contributed by atoms with Crippen LogP contribution in [0.5, 0.6) is 0 Å². The van der Waals surface area contributed by atoms with Gasteiger partial charge in [-0.15, -0.1) is 18.3 Å². The smallest absolute Gasteiger partial charge is 0.00693 e. The summed E-state index contributed by atoms with van der Waals surface area (Å²) in [5.41, 5.74) is 2.68. The predicted molar refractivity (Wildman–Crippen MR) is 97.7 cm³/mol. The largest absolute Gasteiger partial charge is 0.130 e. The topological polar surface area (TPSA) is 0 Å². The zero-order valence-corrected chi connectivity index (χ0v) is 14.8. The van der Waals surface area contributed by atoms with Crippen molar-refractivity contribution >= 4 is 11.8 Å². The molecule has 0 fully saturated rings. The average Bonchev–Trinajstić information content (AvgIpc) is 2.41. The standard InChI is InChI=1S/C8H10S.C8H14.C3H6/c1-7-3-5-8(9-2)6-4-7;1-4-5-6-7-8(2)3;1-3-2/h3-6H,1-2H3;5-7H,4H2,1-3H3;3H,1H2,2H3/b;6-5-;. The van der Waals surface area contributed by atoms with Gasteiger partial charge in [0.05, 0.1) is 0 Å². The highest BCUT2D eigenvalue weighted by molar-refractivity contribution is 7.98. The van der Waals surface area contributed by atoms with Crippen molar-refractivity contribution < 1.29 is 0 Å². The van der Waals surface area contributed by atoms with Crippen molar-refractivity contribution in [3.63, 3.8) is 0 Å². The fourth-order valence-electron chi connectivity index (χ4n) is 1.07. The van der Waals surface area contributed by atoms with Crippen LogP contribution in [0.1, 0.15) is 39.7 Å². The minimum absolute atomic E-state index is 1.13. The van der Waals surface area contributed by atoms with E-state index in [0.29, 0.717) is 0 Å². The molecular weight excluding hydrogens is 260 g/mol. The number of allylic oxidation sites excluding steroid dienone is 5. The molecule has 1 aromatic rings. The molecule has 0 aliphatic heterocycles. The van der Waals surface area contributed by atoms with Crippen LogP contribution >= 0.6 is 11.8 Å². The number of aryl methyl sites for hydroxylation is 1. The third kappa shape index (κ3) is 16.8. The van der Waals surface area contributed by atoms with Gasteiger partial charge in [0.25, 0.3) is 0 Å². The molecule has 0 heterocycles. The van der Waals surface area contributed by atoms with Crippen molar-refractivity contribution in [2.45, 2.75) is 45.9 Å². The second-order valence-corrected chi connectivity index (χ2v) is 5.39. The van der Waals surface area contributed by atoms with Crippen LogP contribution < -0.4 is 0 Å². The highest BCUT2D eigenvalue weighted by Crippen LogP contribution is 2.13. The van der Waals surface area contributed by atoms with Crippen LogP contribution in [0.3, 0.4) is 0 Å². The van der Waals surface area contributed by atoms with Crippen molar-refractivity contribution in [1.29, 1.82) is 0 Å². The lowest BCUT2D eigenvalue weighted by molar-refractivity contribution is 1.22. The van der Waals surface area contributed by atoms with E-state index in [1.165, 1.54) is 16.0 Å². The number of hydrogen-bond acceptors (Lipinski definition) is 1. The molecule has 1 heteroatoms. The molecule has 1 aromatic carbocycles. The summed E-state index contributed by atoms with van der Waals surface area (Å²) in [5, 5.41) is 0. The Morgan fingerprint density at radius 1 is 1.20 bits per heavy atom. The Labute approximate surface area is 130 Å². The lowest BCUT2D eigenvalue weighted by Crippen LogP contribution is -1.70. The van der Waals surface area contributed by atoms with Gasteiger partial charge in [0.1, 0.15) is 0 Å². The highest BCUT2D eigenvalue weighted by atomic mass is 32.2. The van der Waals surface area contributed by atoms with Crippen LogP contribution in [0.25, 0.3) is 0 Å². The van der Waals surface area contributed by atoms with Gasteiger partial charge in [0.2, 0.25) is 0 Å².